The van der Waals surface area contributed by atoms with Crippen molar-refractivity contribution in [2.45, 2.75) is 26.7 Å². The molecule has 0 saturated heterocycles. The maximum atomic E-state index is 11.2. The average molecular weight is 207 g/mol. The molecule has 1 N–H and O–H groups in total. The minimum absolute atomic E-state index is 0.385. The highest BCUT2D eigenvalue weighted by Gasteiger charge is 2.03. The van der Waals surface area contributed by atoms with Gasteiger partial charge in [0.2, 0.25) is 0 Å². The molecule has 0 saturated carbocycles. The van der Waals surface area contributed by atoms with E-state index in [2.05, 4.69) is 19.2 Å². The van der Waals surface area contributed by atoms with Crippen molar-refractivity contribution in [3.05, 3.63) is 29.8 Å². The molecule has 0 aromatic heterocycles. The number of anilines is 1. The Morgan fingerprint density at radius 2 is 2.20 bits per heavy atom. The lowest BCUT2D eigenvalue weighted by Crippen LogP contribution is -2.13. The van der Waals surface area contributed by atoms with Gasteiger partial charge in [0.1, 0.15) is 0 Å². The van der Waals surface area contributed by atoms with Crippen LogP contribution in [-0.2, 0) is 4.74 Å². The van der Waals surface area contributed by atoms with Crippen LogP contribution in [0.4, 0.5) is 10.5 Å². The first-order valence-electron chi connectivity index (χ1n) is 5.17. The summed E-state index contributed by atoms with van der Waals surface area (Å²) in [5, 5.41) is 2.68. The Morgan fingerprint density at radius 1 is 1.47 bits per heavy atom. The smallest absolute Gasteiger partial charge is 0.411 e. The number of nitrogens with one attached hydrogen (secondary N) is 1. The number of rotatable bonds is 3. The molecule has 1 aromatic carbocycles. The lowest BCUT2D eigenvalue weighted by Gasteiger charge is -2.09. The fourth-order valence-electron chi connectivity index (χ4n) is 1.26. The van der Waals surface area contributed by atoms with Crippen molar-refractivity contribution >= 4 is 11.8 Å². The molecule has 0 aliphatic carbocycles. The third kappa shape index (κ3) is 3.62. The summed E-state index contributed by atoms with van der Waals surface area (Å²) < 4.78 is 4.80. The van der Waals surface area contributed by atoms with Gasteiger partial charge in [0.05, 0.1) is 6.61 Å². The van der Waals surface area contributed by atoms with Crippen LogP contribution < -0.4 is 5.32 Å². The standard InChI is InChI=1S/C12H17NO2/c1-4-15-12(14)13-11-7-5-6-10(8-11)9(2)3/h5-9H,4H2,1-3H3,(H,13,14). The molecule has 82 valence electrons. The first kappa shape index (κ1) is 11.6. The molecule has 0 fully saturated rings. The normalized spacial score (nSPS) is 10.1. The summed E-state index contributed by atoms with van der Waals surface area (Å²) in [5.41, 5.74) is 1.98. The van der Waals surface area contributed by atoms with Gasteiger partial charge in [-0.1, -0.05) is 26.0 Å². The summed E-state index contributed by atoms with van der Waals surface area (Å²) in [6.07, 6.45) is -0.404. The van der Waals surface area contributed by atoms with E-state index in [1.807, 2.05) is 24.3 Å². The largest absolute Gasteiger partial charge is 0.450 e. The Bertz CT molecular complexity index is 334. The number of carbonyl (C=O) groups excluding carboxylic acids is 1. The predicted molar refractivity (Wildman–Crippen MR) is 61.2 cm³/mol. The maximum Gasteiger partial charge on any atom is 0.411 e. The summed E-state index contributed by atoms with van der Waals surface area (Å²) in [6.45, 7) is 6.40. The van der Waals surface area contributed by atoms with Crippen LogP contribution in [0, 0.1) is 0 Å². The number of hydrogen-bond acceptors (Lipinski definition) is 2. The molecule has 3 nitrogen and oxygen atoms in total. The van der Waals surface area contributed by atoms with Crippen molar-refractivity contribution in [3.63, 3.8) is 0 Å². The minimum atomic E-state index is -0.404. The number of hydrogen-bond donors (Lipinski definition) is 1. The summed E-state index contributed by atoms with van der Waals surface area (Å²) in [5.74, 6) is 0.453. The predicted octanol–water partition coefficient (Wildman–Crippen LogP) is 3.38. The zero-order chi connectivity index (χ0) is 11.3. The molecular formula is C12H17NO2. The molecule has 0 heterocycles. The Labute approximate surface area is 90.4 Å². The Kier molecular flexibility index (Phi) is 4.16. The van der Waals surface area contributed by atoms with E-state index >= 15 is 0 Å². The Morgan fingerprint density at radius 3 is 2.80 bits per heavy atom. The summed E-state index contributed by atoms with van der Waals surface area (Å²) >= 11 is 0. The van der Waals surface area contributed by atoms with Crippen LogP contribution in [0.1, 0.15) is 32.3 Å². The van der Waals surface area contributed by atoms with E-state index in [9.17, 15) is 4.79 Å². The molecule has 0 atom stereocenters. The van der Waals surface area contributed by atoms with Crippen LogP contribution in [0.2, 0.25) is 0 Å². The molecule has 15 heavy (non-hydrogen) atoms. The molecule has 1 amide bonds. The van der Waals surface area contributed by atoms with Crippen LogP contribution in [0.3, 0.4) is 0 Å². The second-order valence-corrected chi connectivity index (χ2v) is 3.63. The van der Waals surface area contributed by atoms with Crippen LogP contribution in [-0.4, -0.2) is 12.7 Å². The number of amides is 1. The Balaban J connectivity index is 2.69. The topological polar surface area (TPSA) is 38.3 Å². The maximum absolute atomic E-state index is 11.2. The van der Waals surface area contributed by atoms with Gasteiger partial charge in [-0.05, 0) is 30.5 Å². The SMILES string of the molecule is CCOC(=O)Nc1cccc(C(C)C)c1. The molecule has 0 bridgehead atoms. The molecule has 1 aromatic rings. The van der Waals surface area contributed by atoms with Gasteiger partial charge in [-0.3, -0.25) is 5.32 Å². The van der Waals surface area contributed by atoms with E-state index in [0.29, 0.717) is 12.5 Å². The van der Waals surface area contributed by atoms with Crippen molar-refractivity contribution < 1.29 is 9.53 Å². The first-order valence-corrected chi connectivity index (χ1v) is 5.17. The highest BCUT2D eigenvalue weighted by molar-refractivity contribution is 5.84. The van der Waals surface area contributed by atoms with Crippen LogP contribution >= 0.6 is 0 Å². The van der Waals surface area contributed by atoms with Crippen molar-refractivity contribution in [1.82, 2.24) is 0 Å². The van der Waals surface area contributed by atoms with Crippen molar-refractivity contribution in [3.8, 4) is 0 Å². The molecule has 0 unspecified atom stereocenters. The zero-order valence-corrected chi connectivity index (χ0v) is 9.41. The minimum Gasteiger partial charge on any atom is -0.450 e. The zero-order valence-electron chi connectivity index (χ0n) is 9.41. The fraction of sp³-hybridized carbons (Fsp3) is 0.417. The quantitative estimate of drug-likeness (QED) is 0.825. The van der Waals surface area contributed by atoms with Gasteiger partial charge in [0.15, 0.2) is 0 Å². The van der Waals surface area contributed by atoms with Crippen molar-refractivity contribution in [2.75, 3.05) is 11.9 Å². The number of carbonyl (C=O) groups is 1. The van der Waals surface area contributed by atoms with E-state index in [1.165, 1.54) is 5.56 Å². The summed E-state index contributed by atoms with van der Waals surface area (Å²) in [4.78, 5) is 11.2. The first-order chi connectivity index (χ1) is 7.13. The van der Waals surface area contributed by atoms with Gasteiger partial charge >= 0.3 is 6.09 Å². The third-order valence-corrected chi connectivity index (χ3v) is 2.08. The van der Waals surface area contributed by atoms with E-state index in [4.69, 9.17) is 4.74 Å². The lowest BCUT2D eigenvalue weighted by atomic mass is 10.0. The van der Waals surface area contributed by atoms with E-state index in [1.54, 1.807) is 6.92 Å². The van der Waals surface area contributed by atoms with Crippen LogP contribution in [0.15, 0.2) is 24.3 Å². The van der Waals surface area contributed by atoms with Crippen LogP contribution in [0.25, 0.3) is 0 Å². The number of benzene rings is 1. The van der Waals surface area contributed by atoms with E-state index in [0.717, 1.165) is 5.69 Å². The van der Waals surface area contributed by atoms with E-state index in [-0.39, 0.29) is 0 Å². The van der Waals surface area contributed by atoms with Gasteiger partial charge in [-0.2, -0.15) is 0 Å². The van der Waals surface area contributed by atoms with Gasteiger partial charge in [0, 0.05) is 5.69 Å². The molecule has 1 rings (SSSR count). The molecular weight excluding hydrogens is 190 g/mol. The average Bonchev–Trinajstić information content (AvgIpc) is 2.18. The fourth-order valence-corrected chi connectivity index (χ4v) is 1.26. The van der Waals surface area contributed by atoms with Gasteiger partial charge in [-0.15, -0.1) is 0 Å². The highest BCUT2D eigenvalue weighted by atomic mass is 16.5. The molecule has 0 spiro atoms. The Hall–Kier alpha value is -1.51. The number of ether oxygens (including phenoxy) is 1. The van der Waals surface area contributed by atoms with Gasteiger partial charge in [-0.25, -0.2) is 4.79 Å². The second kappa shape index (κ2) is 5.39. The van der Waals surface area contributed by atoms with Crippen molar-refractivity contribution in [1.29, 1.82) is 0 Å². The molecule has 3 heteroatoms. The van der Waals surface area contributed by atoms with Gasteiger partial charge < -0.3 is 4.74 Å². The summed E-state index contributed by atoms with van der Waals surface area (Å²) in [7, 11) is 0. The molecule has 0 radical (unpaired) electrons. The second-order valence-electron chi connectivity index (χ2n) is 3.63. The van der Waals surface area contributed by atoms with E-state index < -0.39 is 6.09 Å². The third-order valence-electron chi connectivity index (χ3n) is 2.08. The monoisotopic (exact) mass is 207 g/mol. The lowest BCUT2D eigenvalue weighted by molar-refractivity contribution is 0.168. The van der Waals surface area contributed by atoms with Crippen molar-refractivity contribution in [2.24, 2.45) is 0 Å². The highest BCUT2D eigenvalue weighted by Crippen LogP contribution is 2.18. The molecule has 0 aliphatic heterocycles. The van der Waals surface area contributed by atoms with Gasteiger partial charge in [0.25, 0.3) is 0 Å². The molecule has 0 aliphatic rings. The summed E-state index contributed by atoms with van der Waals surface area (Å²) in [6, 6.07) is 7.78. The van der Waals surface area contributed by atoms with Crippen LogP contribution in [0.5, 0.6) is 0 Å².